The molecule has 4 aromatic rings. The van der Waals surface area contributed by atoms with E-state index in [2.05, 4.69) is 16.4 Å². The van der Waals surface area contributed by atoms with Gasteiger partial charge in [-0.05, 0) is 48.0 Å². The average Bonchev–Trinajstić information content (AvgIpc) is 3.13. The molecule has 0 radical (unpaired) electrons. The molecule has 0 bridgehead atoms. The van der Waals surface area contributed by atoms with Crippen molar-refractivity contribution in [3.05, 3.63) is 102 Å². The summed E-state index contributed by atoms with van der Waals surface area (Å²) in [5.74, 6) is -1.32. The number of hydrogen-bond donors (Lipinski definition) is 1. The molecule has 0 unspecified atom stereocenters. The van der Waals surface area contributed by atoms with Crippen LogP contribution >= 0.6 is 0 Å². The maximum Gasteiger partial charge on any atom is 0.296 e. The fourth-order valence-electron chi connectivity index (χ4n) is 3.19. The minimum Gasteiger partial charge on any atom is -0.320 e. The van der Waals surface area contributed by atoms with Crippen LogP contribution in [0, 0.1) is 11.3 Å². The van der Waals surface area contributed by atoms with Gasteiger partial charge >= 0.3 is 0 Å². The zero-order valence-corrected chi connectivity index (χ0v) is 15.4. The molecule has 0 atom stereocenters. The number of carbonyl (C=O) groups is 2. The number of nitrogens with one attached hydrogen (secondary N) is 1. The van der Waals surface area contributed by atoms with Crippen LogP contribution in [0.5, 0.6) is 0 Å². The standard InChI is InChI=1S/C23H16N4O2/c24-14-17-8-6-16(7-9-17)12-19-13-20(21-5-1-2-11-27(19)21)22(28)23(29)26-18-4-3-10-25-15-18/h1-11,13,15H,12H2,(H,26,29). The Balaban J connectivity index is 1.65. The Morgan fingerprint density at radius 3 is 2.62 bits per heavy atom. The van der Waals surface area contributed by atoms with Gasteiger partial charge in [-0.15, -0.1) is 0 Å². The number of rotatable bonds is 5. The smallest absolute Gasteiger partial charge is 0.296 e. The Labute approximate surface area is 167 Å². The third-order valence-electron chi connectivity index (χ3n) is 4.59. The van der Waals surface area contributed by atoms with Gasteiger partial charge in [-0.2, -0.15) is 5.26 Å². The van der Waals surface area contributed by atoms with Crippen molar-refractivity contribution in [2.45, 2.75) is 6.42 Å². The Hall–Kier alpha value is -4.24. The largest absolute Gasteiger partial charge is 0.320 e. The highest BCUT2D eigenvalue weighted by atomic mass is 16.2. The van der Waals surface area contributed by atoms with Gasteiger partial charge < -0.3 is 9.72 Å². The van der Waals surface area contributed by atoms with Crippen LogP contribution < -0.4 is 5.32 Å². The summed E-state index contributed by atoms with van der Waals surface area (Å²) in [4.78, 5) is 29.2. The predicted octanol–water partition coefficient (Wildman–Crippen LogP) is 3.62. The van der Waals surface area contributed by atoms with Crippen molar-refractivity contribution in [1.82, 2.24) is 9.38 Å². The molecular formula is C23H16N4O2. The van der Waals surface area contributed by atoms with E-state index in [0.717, 1.165) is 11.3 Å². The number of anilines is 1. The minimum absolute atomic E-state index is 0.343. The lowest BCUT2D eigenvalue weighted by Crippen LogP contribution is -2.22. The van der Waals surface area contributed by atoms with E-state index in [0.29, 0.717) is 28.8 Å². The summed E-state index contributed by atoms with van der Waals surface area (Å²) in [6.07, 6.45) is 5.51. The Bertz CT molecular complexity index is 1240. The van der Waals surface area contributed by atoms with Crippen molar-refractivity contribution in [2.24, 2.45) is 0 Å². The molecule has 0 saturated heterocycles. The number of Topliss-reactive ketones (excluding diaryl/α,β-unsaturated/α-hetero) is 1. The van der Waals surface area contributed by atoms with E-state index in [1.807, 2.05) is 40.9 Å². The number of aromatic nitrogens is 2. The summed E-state index contributed by atoms with van der Waals surface area (Å²) >= 11 is 0. The van der Waals surface area contributed by atoms with Gasteiger partial charge in [0.1, 0.15) is 0 Å². The van der Waals surface area contributed by atoms with Crippen LogP contribution in [0.1, 0.15) is 27.2 Å². The number of pyridine rings is 2. The SMILES string of the molecule is N#Cc1ccc(Cc2cc(C(=O)C(=O)Nc3cccnc3)c3ccccn23)cc1. The van der Waals surface area contributed by atoms with E-state index in [1.165, 1.54) is 6.20 Å². The normalized spacial score (nSPS) is 10.4. The van der Waals surface area contributed by atoms with Gasteiger partial charge in [0.15, 0.2) is 0 Å². The van der Waals surface area contributed by atoms with Gasteiger partial charge in [-0.3, -0.25) is 14.6 Å². The van der Waals surface area contributed by atoms with E-state index >= 15 is 0 Å². The maximum atomic E-state index is 12.8. The second kappa shape index (κ2) is 7.79. The highest BCUT2D eigenvalue weighted by Crippen LogP contribution is 2.21. The van der Waals surface area contributed by atoms with Gasteiger partial charge in [-0.1, -0.05) is 18.2 Å². The number of nitrogens with zero attached hydrogens (tertiary/aromatic N) is 3. The zero-order chi connectivity index (χ0) is 20.2. The molecule has 1 amide bonds. The molecule has 6 heteroatoms. The van der Waals surface area contributed by atoms with Crippen LogP contribution in [-0.4, -0.2) is 21.1 Å². The van der Waals surface area contributed by atoms with E-state index in [-0.39, 0.29) is 0 Å². The monoisotopic (exact) mass is 380 g/mol. The van der Waals surface area contributed by atoms with Crippen LogP contribution in [-0.2, 0) is 11.2 Å². The first kappa shape index (κ1) is 18.1. The minimum atomic E-state index is -0.709. The van der Waals surface area contributed by atoms with Crippen molar-refractivity contribution in [3.8, 4) is 6.07 Å². The molecule has 4 rings (SSSR count). The summed E-state index contributed by atoms with van der Waals surface area (Å²) in [7, 11) is 0. The fraction of sp³-hybridized carbons (Fsp3) is 0.0435. The second-order valence-electron chi connectivity index (χ2n) is 6.52. The number of fused-ring (bicyclic) bond motifs is 1. The van der Waals surface area contributed by atoms with Gasteiger partial charge in [0.2, 0.25) is 0 Å². The van der Waals surface area contributed by atoms with Crippen molar-refractivity contribution < 1.29 is 9.59 Å². The molecule has 29 heavy (non-hydrogen) atoms. The molecule has 0 spiro atoms. The Morgan fingerprint density at radius 2 is 1.90 bits per heavy atom. The third kappa shape index (κ3) is 3.75. The van der Waals surface area contributed by atoms with Crippen LogP contribution in [0.3, 0.4) is 0 Å². The van der Waals surface area contributed by atoms with Crippen molar-refractivity contribution in [1.29, 1.82) is 5.26 Å². The lowest BCUT2D eigenvalue weighted by molar-refractivity contribution is -0.112. The maximum absolute atomic E-state index is 12.8. The molecule has 140 valence electrons. The lowest BCUT2D eigenvalue weighted by atomic mass is 10.1. The topological polar surface area (TPSA) is 87.3 Å². The Morgan fingerprint density at radius 1 is 1.07 bits per heavy atom. The highest BCUT2D eigenvalue weighted by molar-refractivity contribution is 6.47. The summed E-state index contributed by atoms with van der Waals surface area (Å²) in [5.41, 5.74) is 3.95. The van der Waals surface area contributed by atoms with Crippen molar-refractivity contribution in [2.75, 3.05) is 5.32 Å². The molecule has 6 nitrogen and oxygen atoms in total. The van der Waals surface area contributed by atoms with Crippen LogP contribution in [0.2, 0.25) is 0 Å². The van der Waals surface area contributed by atoms with Crippen LogP contribution in [0.25, 0.3) is 5.52 Å². The Kier molecular flexibility index (Phi) is 4.87. The number of carbonyl (C=O) groups excluding carboxylic acids is 2. The molecule has 1 N–H and O–H groups in total. The third-order valence-corrected chi connectivity index (χ3v) is 4.59. The molecular weight excluding hydrogens is 364 g/mol. The second-order valence-corrected chi connectivity index (χ2v) is 6.52. The van der Waals surface area contributed by atoms with Crippen molar-refractivity contribution >= 4 is 22.9 Å². The first-order valence-electron chi connectivity index (χ1n) is 8.99. The van der Waals surface area contributed by atoms with E-state index in [4.69, 9.17) is 5.26 Å². The van der Waals surface area contributed by atoms with Crippen LogP contribution in [0.4, 0.5) is 5.69 Å². The average molecular weight is 380 g/mol. The summed E-state index contributed by atoms with van der Waals surface area (Å²) in [5, 5.41) is 11.5. The molecule has 0 saturated carbocycles. The van der Waals surface area contributed by atoms with Gasteiger partial charge in [-0.25, -0.2) is 0 Å². The molecule has 3 heterocycles. The van der Waals surface area contributed by atoms with Gasteiger partial charge in [0.25, 0.3) is 11.7 Å². The zero-order valence-electron chi connectivity index (χ0n) is 15.4. The van der Waals surface area contributed by atoms with Crippen molar-refractivity contribution in [3.63, 3.8) is 0 Å². The van der Waals surface area contributed by atoms with E-state index < -0.39 is 11.7 Å². The molecule has 1 aromatic carbocycles. The molecule has 0 fully saturated rings. The van der Waals surface area contributed by atoms with Crippen LogP contribution in [0.15, 0.2) is 79.3 Å². The quantitative estimate of drug-likeness (QED) is 0.423. The summed E-state index contributed by atoms with van der Waals surface area (Å²) in [6, 6.07) is 20.0. The van der Waals surface area contributed by atoms with E-state index in [9.17, 15) is 9.59 Å². The number of ketones is 1. The number of amides is 1. The number of hydrogen-bond acceptors (Lipinski definition) is 4. The number of nitriles is 1. The summed E-state index contributed by atoms with van der Waals surface area (Å²) in [6.45, 7) is 0. The molecule has 0 aliphatic rings. The molecule has 0 aliphatic heterocycles. The van der Waals surface area contributed by atoms with Gasteiger partial charge in [0, 0.05) is 24.5 Å². The number of benzene rings is 1. The van der Waals surface area contributed by atoms with E-state index in [1.54, 1.807) is 36.5 Å². The predicted molar refractivity (Wildman–Crippen MR) is 109 cm³/mol. The first-order chi connectivity index (χ1) is 14.2. The van der Waals surface area contributed by atoms with Gasteiger partial charge in [0.05, 0.1) is 34.6 Å². The lowest BCUT2D eigenvalue weighted by Gasteiger charge is -2.04. The molecule has 3 aromatic heterocycles. The summed E-state index contributed by atoms with van der Waals surface area (Å²) < 4.78 is 1.91. The highest BCUT2D eigenvalue weighted by Gasteiger charge is 2.22. The molecule has 0 aliphatic carbocycles. The first-order valence-corrected chi connectivity index (χ1v) is 8.99. The fourth-order valence-corrected chi connectivity index (χ4v) is 3.19.